The Morgan fingerprint density at radius 2 is 2.05 bits per heavy atom. The average Bonchev–Trinajstić information content (AvgIpc) is 3.60. The fourth-order valence-corrected chi connectivity index (χ4v) is 5.98. The number of carboxylic acids is 1. The fraction of sp³-hybridized carbons (Fsp3) is 0.679. The molecule has 0 saturated carbocycles. The molecule has 1 aromatic carbocycles. The van der Waals surface area contributed by atoms with Gasteiger partial charge < -0.3 is 14.7 Å². The molecule has 9 heteroatoms. The number of amides is 2. The van der Waals surface area contributed by atoms with E-state index in [9.17, 15) is 19.5 Å². The summed E-state index contributed by atoms with van der Waals surface area (Å²) in [6.07, 6.45) is 5.21. The zero-order valence-corrected chi connectivity index (χ0v) is 22.2. The van der Waals surface area contributed by atoms with E-state index in [0.717, 1.165) is 49.1 Å². The number of ether oxygens (including phenoxy) is 1. The lowest BCUT2D eigenvalue weighted by Gasteiger charge is -2.29. The molecule has 37 heavy (non-hydrogen) atoms. The Bertz CT molecular complexity index is 969. The first-order valence-corrected chi connectivity index (χ1v) is 13.9. The molecule has 4 rings (SSSR count). The molecule has 0 aliphatic carbocycles. The largest absolute Gasteiger partial charge is 0.493 e. The van der Waals surface area contributed by atoms with Gasteiger partial charge >= 0.3 is 5.97 Å². The maximum Gasteiger partial charge on any atom is 0.308 e. The van der Waals surface area contributed by atoms with E-state index in [1.807, 2.05) is 35.8 Å². The summed E-state index contributed by atoms with van der Waals surface area (Å²) >= 11 is 0. The van der Waals surface area contributed by atoms with Crippen LogP contribution in [0.4, 0.5) is 0 Å². The lowest BCUT2D eigenvalue weighted by molar-refractivity contribution is -0.188. The van der Waals surface area contributed by atoms with Gasteiger partial charge in [-0.3, -0.25) is 24.1 Å². The molecule has 1 N–H and O–H groups in total. The van der Waals surface area contributed by atoms with Gasteiger partial charge in [-0.05, 0) is 49.3 Å². The quantitative estimate of drug-likeness (QED) is 0.403. The highest BCUT2D eigenvalue weighted by molar-refractivity contribution is 5.78. The minimum atomic E-state index is -0.841. The minimum Gasteiger partial charge on any atom is -0.493 e. The Balaban J connectivity index is 1.54. The van der Waals surface area contributed by atoms with E-state index in [0.29, 0.717) is 52.1 Å². The van der Waals surface area contributed by atoms with Gasteiger partial charge in [0.05, 0.1) is 25.7 Å². The van der Waals surface area contributed by atoms with Crippen molar-refractivity contribution in [3.05, 3.63) is 29.3 Å². The van der Waals surface area contributed by atoms with E-state index < -0.39 is 11.9 Å². The molecular weight excluding hydrogens is 474 g/mol. The molecule has 2 fully saturated rings. The lowest BCUT2D eigenvalue weighted by Crippen LogP contribution is -2.44. The Kier molecular flexibility index (Phi) is 9.43. The van der Waals surface area contributed by atoms with Gasteiger partial charge in [-0.15, -0.1) is 0 Å². The summed E-state index contributed by atoms with van der Waals surface area (Å²) in [5.41, 5.74) is 2.10. The van der Waals surface area contributed by atoms with Crippen LogP contribution < -0.4 is 4.74 Å². The first-order chi connectivity index (χ1) is 17.9. The molecule has 3 aliphatic heterocycles. The SMILES string of the molecule is CCCON(CCC)C(=O)CN1C[C@H](c2ccc3c(c2)CCO3)C(C(=O)O)[C@@H]1CCCN1CCCC1=O. The molecule has 0 bridgehead atoms. The van der Waals surface area contributed by atoms with Gasteiger partial charge in [0.2, 0.25) is 5.91 Å². The highest BCUT2D eigenvalue weighted by Crippen LogP contribution is 2.41. The van der Waals surface area contributed by atoms with Crippen molar-refractivity contribution in [2.45, 2.75) is 70.8 Å². The summed E-state index contributed by atoms with van der Waals surface area (Å²) in [6.45, 7) is 7.63. The van der Waals surface area contributed by atoms with Gasteiger partial charge in [0.25, 0.3) is 5.91 Å². The van der Waals surface area contributed by atoms with Crippen LogP contribution in [0.5, 0.6) is 5.75 Å². The molecule has 0 aromatic heterocycles. The predicted molar refractivity (Wildman–Crippen MR) is 138 cm³/mol. The molecule has 0 spiro atoms. The van der Waals surface area contributed by atoms with Gasteiger partial charge in [0.1, 0.15) is 5.75 Å². The zero-order valence-electron chi connectivity index (χ0n) is 22.2. The predicted octanol–water partition coefficient (Wildman–Crippen LogP) is 3.07. The van der Waals surface area contributed by atoms with Gasteiger partial charge in [-0.1, -0.05) is 26.0 Å². The van der Waals surface area contributed by atoms with Crippen molar-refractivity contribution >= 4 is 17.8 Å². The summed E-state index contributed by atoms with van der Waals surface area (Å²) < 4.78 is 5.65. The third kappa shape index (κ3) is 6.44. The normalized spacial score (nSPS) is 23.4. The second-order valence-electron chi connectivity index (χ2n) is 10.4. The second kappa shape index (κ2) is 12.7. The number of hydrogen-bond acceptors (Lipinski definition) is 6. The van der Waals surface area contributed by atoms with Crippen LogP contribution in [0.25, 0.3) is 0 Å². The smallest absolute Gasteiger partial charge is 0.308 e. The molecule has 2 amide bonds. The fourth-order valence-electron chi connectivity index (χ4n) is 5.98. The van der Waals surface area contributed by atoms with Crippen LogP contribution in [0.3, 0.4) is 0 Å². The monoisotopic (exact) mass is 515 g/mol. The third-order valence-electron chi connectivity index (χ3n) is 7.77. The summed E-state index contributed by atoms with van der Waals surface area (Å²) in [6, 6.07) is 5.70. The number of nitrogens with zero attached hydrogens (tertiary/aromatic N) is 3. The number of carboxylic acid groups (broad SMARTS) is 1. The number of likely N-dealkylation sites (tertiary alicyclic amines) is 2. The first kappa shape index (κ1) is 27.4. The number of hydroxylamine groups is 2. The summed E-state index contributed by atoms with van der Waals surface area (Å²) in [7, 11) is 0. The summed E-state index contributed by atoms with van der Waals surface area (Å²) in [4.78, 5) is 47.7. The van der Waals surface area contributed by atoms with Crippen LogP contribution in [-0.4, -0.2) is 89.7 Å². The molecule has 3 aliphatic rings. The first-order valence-electron chi connectivity index (χ1n) is 13.9. The molecule has 9 nitrogen and oxygen atoms in total. The maximum absolute atomic E-state index is 13.3. The molecule has 0 radical (unpaired) electrons. The average molecular weight is 516 g/mol. The summed E-state index contributed by atoms with van der Waals surface area (Å²) in [5, 5.41) is 11.8. The molecule has 2 saturated heterocycles. The minimum absolute atomic E-state index is 0.116. The van der Waals surface area contributed by atoms with E-state index in [1.165, 1.54) is 5.06 Å². The number of rotatable bonds is 13. The van der Waals surface area contributed by atoms with Crippen LogP contribution in [-0.2, 0) is 25.6 Å². The number of fused-ring (bicyclic) bond motifs is 1. The number of aliphatic carboxylic acids is 1. The molecule has 1 unspecified atom stereocenters. The van der Waals surface area contributed by atoms with E-state index in [4.69, 9.17) is 9.57 Å². The van der Waals surface area contributed by atoms with Crippen molar-refractivity contribution < 1.29 is 29.1 Å². The number of benzene rings is 1. The van der Waals surface area contributed by atoms with Crippen molar-refractivity contribution in [2.75, 3.05) is 45.9 Å². The van der Waals surface area contributed by atoms with E-state index in [-0.39, 0.29) is 30.3 Å². The topological polar surface area (TPSA) is 99.6 Å². The van der Waals surface area contributed by atoms with E-state index in [1.54, 1.807) is 0 Å². The Morgan fingerprint density at radius 1 is 1.22 bits per heavy atom. The van der Waals surface area contributed by atoms with E-state index >= 15 is 0 Å². The maximum atomic E-state index is 13.3. The zero-order chi connectivity index (χ0) is 26.4. The highest BCUT2D eigenvalue weighted by atomic mass is 16.7. The van der Waals surface area contributed by atoms with Crippen molar-refractivity contribution in [3.8, 4) is 5.75 Å². The standard InChI is InChI=1S/C28H41N3O6/c1-3-12-31(37-15-4-2)26(33)19-30-18-22(20-9-10-24-21(17-20)11-16-36-24)27(28(34)35)23(30)7-5-13-29-14-6-8-25(29)32/h9-10,17,22-23,27H,3-8,11-16,18-19H2,1-2H3,(H,34,35)/t22-,23+,27?/m1/s1. The van der Waals surface area contributed by atoms with Crippen LogP contribution in [0.1, 0.15) is 69.4 Å². The Labute approximate surface area is 219 Å². The molecule has 3 heterocycles. The van der Waals surface area contributed by atoms with Crippen LogP contribution in [0.15, 0.2) is 18.2 Å². The van der Waals surface area contributed by atoms with Gasteiger partial charge in [0.15, 0.2) is 0 Å². The molecule has 1 aromatic rings. The number of carbonyl (C=O) groups is 3. The van der Waals surface area contributed by atoms with Crippen molar-refractivity contribution in [3.63, 3.8) is 0 Å². The number of hydrogen-bond donors (Lipinski definition) is 1. The molecule has 204 valence electrons. The van der Waals surface area contributed by atoms with Crippen molar-refractivity contribution in [1.82, 2.24) is 14.9 Å². The second-order valence-corrected chi connectivity index (χ2v) is 10.4. The third-order valence-corrected chi connectivity index (χ3v) is 7.77. The van der Waals surface area contributed by atoms with Crippen LogP contribution in [0, 0.1) is 5.92 Å². The van der Waals surface area contributed by atoms with Crippen LogP contribution >= 0.6 is 0 Å². The van der Waals surface area contributed by atoms with Crippen molar-refractivity contribution in [2.24, 2.45) is 5.92 Å². The number of carbonyl (C=O) groups excluding carboxylic acids is 2. The van der Waals surface area contributed by atoms with Gasteiger partial charge in [-0.25, -0.2) is 5.06 Å². The Morgan fingerprint density at radius 3 is 2.76 bits per heavy atom. The van der Waals surface area contributed by atoms with Gasteiger partial charge in [-0.2, -0.15) is 0 Å². The van der Waals surface area contributed by atoms with Crippen molar-refractivity contribution in [1.29, 1.82) is 0 Å². The van der Waals surface area contributed by atoms with Crippen LogP contribution in [0.2, 0.25) is 0 Å². The molecule has 3 atom stereocenters. The molecular formula is C28H41N3O6. The highest BCUT2D eigenvalue weighted by Gasteiger charge is 2.47. The van der Waals surface area contributed by atoms with Gasteiger partial charge in [0, 0.05) is 51.0 Å². The summed E-state index contributed by atoms with van der Waals surface area (Å²) in [5.74, 6) is -0.802. The van der Waals surface area contributed by atoms with E-state index in [2.05, 4.69) is 6.07 Å². The lowest BCUT2D eigenvalue weighted by atomic mass is 9.83. The Hall–Kier alpha value is -2.65.